The smallest absolute Gasteiger partial charge is 0.323 e. The minimum atomic E-state index is -0.270. The van der Waals surface area contributed by atoms with Crippen LogP contribution in [0.25, 0.3) is 11.3 Å². The lowest BCUT2D eigenvalue weighted by Gasteiger charge is -2.20. The molecule has 23 heavy (non-hydrogen) atoms. The molecule has 0 aliphatic carbocycles. The van der Waals surface area contributed by atoms with Gasteiger partial charge in [0.2, 0.25) is 0 Å². The van der Waals surface area contributed by atoms with Gasteiger partial charge in [-0.25, -0.2) is 0 Å². The van der Waals surface area contributed by atoms with Crippen molar-refractivity contribution in [3.63, 3.8) is 0 Å². The van der Waals surface area contributed by atoms with Gasteiger partial charge in [-0.2, -0.15) is 5.10 Å². The number of esters is 1. The van der Waals surface area contributed by atoms with E-state index in [1.165, 1.54) is 7.11 Å². The number of carbonyl (C=O) groups excluding carboxylic acids is 1. The third kappa shape index (κ3) is 3.43. The molecule has 0 bridgehead atoms. The zero-order valence-electron chi connectivity index (χ0n) is 13.4. The van der Waals surface area contributed by atoms with Crippen molar-refractivity contribution in [2.45, 2.75) is 25.1 Å². The predicted octanol–water partition coefficient (Wildman–Crippen LogP) is 1.84. The van der Waals surface area contributed by atoms with Gasteiger partial charge in [-0.15, -0.1) is 0 Å². The molecular weight excluding hydrogens is 294 g/mol. The number of ether oxygens (including phenoxy) is 2. The molecule has 3 rings (SSSR count). The van der Waals surface area contributed by atoms with Gasteiger partial charge in [0.15, 0.2) is 0 Å². The van der Waals surface area contributed by atoms with Gasteiger partial charge in [0.25, 0.3) is 0 Å². The highest BCUT2D eigenvalue weighted by Crippen LogP contribution is 2.24. The van der Waals surface area contributed by atoms with E-state index in [0.717, 1.165) is 17.0 Å². The number of rotatable bonds is 5. The van der Waals surface area contributed by atoms with E-state index in [2.05, 4.69) is 15.1 Å². The standard InChI is InChI=1S/C17H21N3O3/c1-22-14-9-16(17(21)23-2)20(11-14)10-13-8-15(19-18-13)12-6-4-3-5-7-12/h3-8,14,16H,9-11H2,1-2H3,(H,18,19)/t14-,16-/m1/s1. The van der Waals surface area contributed by atoms with Crippen LogP contribution in [0.5, 0.6) is 0 Å². The highest BCUT2D eigenvalue weighted by atomic mass is 16.5. The second-order valence-electron chi connectivity index (χ2n) is 5.71. The van der Waals surface area contributed by atoms with E-state index in [9.17, 15) is 4.79 Å². The number of benzene rings is 1. The number of aromatic amines is 1. The molecule has 1 aliphatic rings. The van der Waals surface area contributed by atoms with Crippen LogP contribution >= 0.6 is 0 Å². The quantitative estimate of drug-likeness (QED) is 0.853. The van der Waals surface area contributed by atoms with Crippen molar-refractivity contribution >= 4 is 5.97 Å². The summed E-state index contributed by atoms with van der Waals surface area (Å²) in [5, 5.41) is 7.42. The summed E-state index contributed by atoms with van der Waals surface area (Å²) in [5.74, 6) is -0.215. The summed E-state index contributed by atoms with van der Waals surface area (Å²) in [5.41, 5.74) is 2.93. The predicted molar refractivity (Wildman–Crippen MR) is 85.7 cm³/mol. The molecule has 0 amide bonds. The number of carbonyl (C=O) groups is 1. The maximum absolute atomic E-state index is 12.0. The molecule has 0 saturated carbocycles. The minimum Gasteiger partial charge on any atom is -0.468 e. The van der Waals surface area contributed by atoms with E-state index < -0.39 is 0 Å². The van der Waals surface area contributed by atoms with Gasteiger partial charge < -0.3 is 9.47 Å². The highest BCUT2D eigenvalue weighted by molar-refractivity contribution is 5.76. The molecule has 1 aromatic carbocycles. The largest absolute Gasteiger partial charge is 0.468 e. The third-order valence-corrected chi connectivity index (χ3v) is 4.25. The molecule has 2 atom stereocenters. The molecule has 1 aromatic heterocycles. The summed E-state index contributed by atoms with van der Waals surface area (Å²) < 4.78 is 10.3. The second-order valence-corrected chi connectivity index (χ2v) is 5.71. The fourth-order valence-electron chi connectivity index (χ4n) is 3.01. The molecule has 6 heteroatoms. The van der Waals surface area contributed by atoms with Gasteiger partial charge in [0.05, 0.1) is 18.9 Å². The third-order valence-electron chi connectivity index (χ3n) is 4.25. The molecule has 1 saturated heterocycles. The Balaban J connectivity index is 1.73. The van der Waals surface area contributed by atoms with Crippen molar-refractivity contribution in [3.05, 3.63) is 42.1 Å². The Morgan fingerprint density at radius 2 is 2.13 bits per heavy atom. The Morgan fingerprint density at radius 3 is 2.83 bits per heavy atom. The summed E-state index contributed by atoms with van der Waals surface area (Å²) in [6, 6.07) is 11.7. The summed E-state index contributed by atoms with van der Waals surface area (Å²) >= 11 is 0. The number of hydrogen-bond donors (Lipinski definition) is 1. The van der Waals surface area contributed by atoms with Gasteiger partial charge in [0.1, 0.15) is 6.04 Å². The average Bonchev–Trinajstić information content (AvgIpc) is 3.22. The van der Waals surface area contributed by atoms with Gasteiger partial charge in [0, 0.05) is 37.9 Å². The molecule has 1 aliphatic heterocycles. The summed E-state index contributed by atoms with van der Waals surface area (Å²) in [6.45, 7) is 1.31. The molecule has 0 spiro atoms. The molecule has 0 unspecified atom stereocenters. The van der Waals surface area contributed by atoms with Crippen molar-refractivity contribution in [2.75, 3.05) is 20.8 Å². The van der Waals surface area contributed by atoms with Crippen molar-refractivity contribution in [2.24, 2.45) is 0 Å². The van der Waals surface area contributed by atoms with E-state index in [1.807, 2.05) is 36.4 Å². The van der Waals surface area contributed by atoms with Crippen molar-refractivity contribution in [1.82, 2.24) is 15.1 Å². The molecule has 1 fully saturated rings. The van der Waals surface area contributed by atoms with Crippen LogP contribution in [0.2, 0.25) is 0 Å². The lowest BCUT2D eigenvalue weighted by atomic mass is 10.1. The number of H-pyrrole nitrogens is 1. The average molecular weight is 315 g/mol. The van der Waals surface area contributed by atoms with E-state index in [1.54, 1.807) is 7.11 Å². The number of nitrogens with one attached hydrogen (secondary N) is 1. The molecule has 6 nitrogen and oxygen atoms in total. The molecule has 1 N–H and O–H groups in total. The topological polar surface area (TPSA) is 67.5 Å². The van der Waals surface area contributed by atoms with Crippen molar-refractivity contribution < 1.29 is 14.3 Å². The van der Waals surface area contributed by atoms with Gasteiger partial charge in [-0.1, -0.05) is 30.3 Å². The fraction of sp³-hybridized carbons (Fsp3) is 0.412. The molecule has 2 heterocycles. The Hall–Kier alpha value is -2.18. The first-order valence-corrected chi connectivity index (χ1v) is 7.65. The summed E-state index contributed by atoms with van der Waals surface area (Å²) in [7, 11) is 3.09. The number of aromatic nitrogens is 2. The Bertz CT molecular complexity index is 656. The fourth-order valence-corrected chi connectivity index (χ4v) is 3.01. The maximum atomic E-state index is 12.0. The zero-order chi connectivity index (χ0) is 16.2. The number of hydrogen-bond acceptors (Lipinski definition) is 5. The van der Waals surface area contributed by atoms with Crippen molar-refractivity contribution in [3.8, 4) is 11.3 Å². The van der Waals surface area contributed by atoms with E-state index in [0.29, 0.717) is 19.5 Å². The normalized spacial score (nSPS) is 21.5. The van der Waals surface area contributed by atoms with Gasteiger partial charge >= 0.3 is 5.97 Å². The Morgan fingerprint density at radius 1 is 1.35 bits per heavy atom. The van der Waals surface area contributed by atoms with Gasteiger partial charge in [-0.05, 0) is 6.07 Å². The first-order chi connectivity index (χ1) is 11.2. The molecule has 0 radical (unpaired) electrons. The number of methoxy groups -OCH3 is 2. The lowest BCUT2D eigenvalue weighted by molar-refractivity contribution is -0.146. The number of likely N-dealkylation sites (tertiary alicyclic amines) is 1. The van der Waals surface area contributed by atoms with Crippen LogP contribution in [0.15, 0.2) is 36.4 Å². The van der Waals surface area contributed by atoms with Crippen LogP contribution < -0.4 is 0 Å². The first-order valence-electron chi connectivity index (χ1n) is 7.65. The Labute approximate surface area is 135 Å². The molecular formula is C17H21N3O3. The van der Waals surface area contributed by atoms with Crippen molar-refractivity contribution in [1.29, 1.82) is 0 Å². The van der Waals surface area contributed by atoms with Gasteiger partial charge in [-0.3, -0.25) is 14.8 Å². The van der Waals surface area contributed by atoms with E-state index in [4.69, 9.17) is 9.47 Å². The monoisotopic (exact) mass is 315 g/mol. The summed E-state index contributed by atoms with van der Waals surface area (Å²) in [6.07, 6.45) is 0.707. The van der Waals surface area contributed by atoms with E-state index >= 15 is 0 Å². The van der Waals surface area contributed by atoms with Crippen LogP contribution in [-0.4, -0.2) is 54.0 Å². The Kier molecular flexibility index (Phi) is 4.73. The van der Waals surface area contributed by atoms with Crippen LogP contribution in [0.3, 0.4) is 0 Å². The molecule has 2 aromatic rings. The highest BCUT2D eigenvalue weighted by Gasteiger charge is 2.37. The SMILES string of the molecule is COC(=O)[C@H]1C[C@@H](OC)CN1Cc1cc(-c2ccccc2)n[nH]1. The maximum Gasteiger partial charge on any atom is 0.323 e. The van der Waals surface area contributed by atoms with Crippen LogP contribution in [-0.2, 0) is 20.8 Å². The van der Waals surface area contributed by atoms with Crippen LogP contribution in [0.1, 0.15) is 12.1 Å². The van der Waals surface area contributed by atoms with E-state index in [-0.39, 0.29) is 18.1 Å². The summed E-state index contributed by atoms with van der Waals surface area (Å²) in [4.78, 5) is 14.0. The van der Waals surface area contributed by atoms with Crippen LogP contribution in [0.4, 0.5) is 0 Å². The lowest BCUT2D eigenvalue weighted by Crippen LogP contribution is -2.36. The minimum absolute atomic E-state index is 0.0515. The van der Waals surface area contributed by atoms with Crippen LogP contribution in [0, 0.1) is 0 Å². The first kappa shape index (κ1) is 15.7. The number of nitrogens with zero attached hydrogens (tertiary/aromatic N) is 2. The zero-order valence-corrected chi connectivity index (χ0v) is 13.4. The molecule has 122 valence electrons. The second kappa shape index (κ2) is 6.93.